The lowest BCUT2D eigenvalue weighted by Crippen LogP contribution is -2.40. The van der Waals surface area contributed by atoms with E-state index in [1.165, 1.54) is 25.0 Å². The largest absolute Gasteiger partial charge is 0.379 e. The summed E-state index contributed by atoms with van der Waals surface area (Å²) < 4.78 is 13.1. The maximum absolute atomic E-state index is 13.1. The molecule has 1 aliphatic rings. The molecule has 2 aromatic carbocycles. The number of amides is 1. The molecule has 1 amide bonds. The Hall–Kier alpha value is -2.70. The van der Waals surface area contributed by atoms with Crippen molar-refractivity contribution in [2.75, 3.05) is 20.1 Å². The van der Waals surface area contributed by atoms with Crippen molar-refractivity contribution in [3.8, 4) is 0 Å². The van der Waals surface area contributed by atoms with Crippen molar-refractivity contribution in [1.29, 1.82) is 0 Å². The second-order valence-corrected chi connectivity index (χ2v) is 9.16. The van der Waals surface area contributed by atoms with Crippen LogP contribution in [0.25, 0.3) is 5.70 Å². The molecule has 33 heavy (non-hydrogen) atoms. The minimum Gasteiger partial charge on any atom is -0.379 e. The van der Waals surface area contributed by atoms with Crippen molar-refractivity contribution in [1.82, 2.24) is 16.0 Å². The van der Waals surface area contributed by atoms with Crippen molar-refractivity contribution in [3.63, 3.8) is 0 Å². The van der Waals surface area contributed by atoms with Crippen LogP contribution in [0.3, 0.4) is 0 Å². The predicted octanol–water partition coefficient (Wildman–Crippen LogP) is 3.97. The quantitative estimate of drug-likeness (QED) is 0.367. The lowest BCUT2D eigenvalue weighted by molar-refractivity contribution is -0.120. The van der Waals surface area contributed by atoms with Gasteiger partial charge in [-0.05, 0) is 73.4 Å². The fraction of sp³-hybridized carbons (Fsp3) is 0.444. The zero-order chi connectivity index (χ0) is 23.7. The Labute approximate surface area is 196 Å². The van der Waals surface area contributed by atoms with E-state index >= 15 is 0 Å². The molecule has 0 unspecified atom stereocenters. The standard InChI is InChI=1S/C27H36FN3O2/c1-20(23-9-5-21(6-10-23)17-22-7-11-24(28)12-8-22)30-18-26(33)31-19-27(14-3-4-15-27)16-13-25(32)29-2/h5-12,25,29-30,32H,1,3-4,13-19H2,2H3,(H,31,33)/t25-/m0/s1. The molecule has 1 saturated carbocycles. The van der Waals surface area contributed by atoms with Gasteiger partial charge in [-0.1, -0.05) is 55.8 Å². The normalized spacial score (nSPS) is 15.7. The van der Waals surface area contributed by atoms with Crippen molar-refractivity contribution in [2.45, 2.75) is 51.2 Å². The maximum Gasteiger partial charge on any atom is 0.239 e. The monoisotopic (exact) mass is 453 g/mol. The zero-order valence-corrected chi connectivity index (χ0v) is 19.5. The van der Waals surface area contributed by atoms with E-state index in [1.54, 1.807) is 19.2 Å². The Morgan fingerprint density at radius 2 is 1.67 bits per heavy atom. The summed E-state index contributed by atoms with van der Waals surface area (Å²) in [4.78, 5) is 12.5. The van der Waals surface area contributed by atoms with Crippen molar-refractivity contribution in [2.24, 2.45) is 5.41 Å². The van der Waals surface area contributed by atoms with Gasteiger partial charge in [0.2, 0.25) is 5.91 Å². The topological polar surface area (TPSA) is 73.4 Å². The van der Waals surface area contributed by atoms with Gasteiger partial charge in [0.25, 0.3) is 0 Å². The third-order valence-corrected chi connectivity index (χ3v) is 6.69. The molecule has 0 bridgehead atoms. The molecule has 0 aliphatic heterocycles. The van der Waals surface area contributed by atoms with Gasteiger partial charge < -0.3 is 15.7 Å². The summed E-state index contributed by atoms with van der Waals surface area (Å²) in [6, 6.07) is 14.5. The SMILES string of the molecule is C=C(NCC(=O)NCC1(CC[C@H](O)NC)CCCC1)c1ccc(Cc2ccc(F)cc2)cc1. The third-order valence-electron chi connectivity index (χ3n) is 6.69. The molecule has 0 saturated heterocycles. The average Bonchev–Trinajstić information content (AvgIpc) is 3.31. The molecule has 2 aromatic rings. The molecule has 178 valence electrons. The average molecular weight is 454 g/mol. The number of halogens is 1. The van der Waals surface area contributed by atoms with Crippen LogP contribution in [-0.4, -0.2) is 37.4 Å². The molecule has 6 heteroatoms. The van der Waals surface area contributed by atoms with E-state index in [4.69, 9.17) is 0 Å². The number of carbonyl (C=O) groups is 1. The fourth-order valence-electron chi connectivity index (χ4n) is 4.53. The molecule has 0 aromatic heterocycles. The number of benzene rings is 2. The molecular weight excluding hydrogens is 417 g/mol. The van der Waals surface area contributed by atoms with Gasteiger partial charge in [-0.3, -0.25) is 10.1 Å². The number of hydrogen-bond acceptors (Lipinski definition) is 4. The van der Waals surface area contributed by atoms with Crippen LogP contribution in [0, 0.1) is 11.2 Å². The highest BCUT2D eigenvalue weighted by Gasteiger charge is 2.34. The van der Waals surface area contributed by atoms with Gasteiger partial charge in [0.05, 0.1) is 6.54 Å². The Morgan fingerprint density at radius 1 is 1.06 bits per heavy atom. The lowest BCUT2D eigenvalue weighted by Gasteiger charge is -2.30. The van der Waals surface area contributed by atoms with Gasteiger partial charge >= 0.3 is 0 Å². The molecule has 1 atom stereocenters. The minimum atomic E-state index is -0.495. The Kier molecular flexibility index (Phi) is 9.03. The molecule has 0 radical (unpaired) electrons. The smallest absolute Gasteiger partial charge is 0.239 e. The first kappa shape index (κ1) is 24.9. The van der Waals surface area contributed by atoms with Gasteiger partial charge in [-0.25, -0.2) is 4.39 Å². The first-order chi connectivity index (χ1) is 15.9. The molecular formula is C27H36FN3O2. The first-order valence-corrected chi connectivity index (χ1v) is 11.8. The number of aliphatic hydroxyl groups excluding tert-OH is 1. The van der Waals surface area contributed by atoms with Crippen LogP contribution >= 0.6 is 0 Å². The van der Waals surface area contributed by atoms with E-state index in [0.717, 1.165) is 42.4 Å². The number of hydrogen-bond donors (Lipinski definition) is 4. The van der Waals surface area contributed by atoms with Gasteiger partial charge in [0.15, 0.2) is 0 Å². The van der Waals surface area contributed by atoms with E-state index in [9.17, 15) is 14.3 Å². The highest BCUT2D eigenvalue weighted by atomic mass is 19.1. The predicted molar refractivity (Wildman–Crippen MR) is 131 cm³/mol. The second kappa shape index (κ2) is 12.0. The van der Waals surface area contributed by atoms with Crippen LogP contribution < -0.4 is 16.0 Å². The van der Waals surface area contributed by atoms with Crippen LogP contribution in [0.15, 0.2) is 55.1 Å². The van der Waals surface area contributed by atoms with Crippen molar-refractivity contribution >= 4 is 11.6 Å². The van der Waals surface area contributed by atoms with Gasteiger partial charge in [0.1, 0.15) is 12.0 Å². The summed E-state index contributed by atoms with van der Waals surface area (Å²) in [6.45, 7) is 4.88. The molecule has 0 spiro atoms. The van der Waals surface area contributed by atoms with Crippen LogP contribution in [0.5, 0.6) is 0 Å². The van der Waals surface area contributed by atoms with Crippen LogP contribution in [0.1, 0.15) is 55.2 Å². The molecule has 4 N–H and O–H groups in total. The van der Waals surface area contributed by atoms with Crippen molar-refractivity contribution in [3.05, 3.63) is 77.6 Å². The van der Waals surface area contributed by atoms with E-state index in [-0.39, 0.29) is 23.7 Å². The minimum absolute atomic E-state index is 0.0514. The molecule has 1 fully saturated rings. The molecule has 1 aliphatic carbocycles. The third kappa shape index (κ3) is 7.69. The fourth-order valence-corrected chi connectivity index (χ4v) is 4.53. The molecule has 3 rings (SSSR count). The van der Waals surface area contributed by atoms with E-state index in [2.05, 4.69) is 22.5 Å². The Bertz CT molecular complexity index is 906. The summed E-state index contributed by atoms with van der Waals surface area (Å²) in [5.74, 6) is -0.281. The summed E-state index contributed by atoms with van der Waals surface area (Å²) in [6.07, 6.45) is 6.37. The van der Waals surface area contributed by atoms with E-state index in [1.807, 2.05) is 24.3 Å². The number of rotatable bonds is 12. The lowest BCUT2D eigenvalue weighted by atomic mass is 9.81. The summed E-state index contributed by atoms with van der Waals surface area (Å²) in [5.41, 5.74) is 3.90. The molecule has 0 heterocycles. The van der Waals surface area contributed by atoms with E-state index in [0.29, 0.717) is 18.7 Å². The second-order valence-electron chi connectivity index (χ2n) is 9.16. The van der Waals surface area contributed by atoms with Gasteiger partial charge in [-0.2, -0.15) is 0 Å². The Morgan fingerprint density at radius 3 is 2.27 bits per heavy atom. The first-order valence-electron chi connectivity index (χ1n) is 11.8. The number of aliphatic hydroxyl groups is 1. The van der Waals surface area contributed by atoms with Crippen LogP contribution in [0.2, 0.25) is 0 Å². The highest BCUT2D eigenvalue weighted by Crippen LogP contribution is 2.41. The van der Waals surface area contributed by atoms with Gasteiger partial charge in [-0.15, -0.1) is 0 Å². The Balaban J connectivity index is 1.43. The number of carbonyl (C=O) groups excluding carboxylic acids is 1. The maximum atomic E-state index is 13.1. The van der Waals surface area contributed by atoms with E-state index < -0.39 is 6.23 Å². The molecule has 5 nitrogen and oxygen atoms in total. The summed E-state index contributed by atoms with van der Waals surface area (Å²) in [7, 11) is 1.76. The van der Waals surface area contributed by atoms with Crippen molar-refractivity contribution < 1.29 is 14.3 Å². The number of nitrogens with one attached hydrogen (secondary N) is 3. The highest BCUT2D eigenvalue weighted by molar-refractivity contribution is 5.80. The van der Waals surface area contributed by atoms with Crippen LogP contribution in [0.4, 0.5) is 4.39 Å². The van der Waals surface area contributed by atoms with Gasteiger partial charge in [0, 0.05) is 12.2 Å². The van der Waals surface area contributed by atoms with Crippen LogP contribution in [-0.2, 0) is 11.2 Å². The summed E-state index contributed by atoms with van der Waals surface area (Å²) >= 11 is 0. The summed E-state index contributed by atoms with van der Waals surface area (Å²) in [5, 5.41) is 18.9. The zero-order valence-electron chi connectivity index (χ0n) is 19.5.